The lowest BCUT2D eigenvalue weighted by Crippen LogP contribution is -2.41. The van der Waals surface area contributed by atoms with Gasteiger partial charge in [0.15, 0.2) is 0 Å². The molecule has 68 valence electrons. The minimum Gasteiger partial charge on any atom is -0.294 e. The highest BCUT2D eigenvalue weighted by Gasteiger charge is 2.22. The fourth-order valence-electron chi connectivity index (χ4n) is 0.723. The van der Waals surface area contributed by atoms with Crippen LogP contribution in [0.3, 0.4) is 0 Å². The molecule has 0 saturated heterocycles. The molecule has 11 heavy (non-hydrogen) atoms. The molecule has 0 bridgehead atoms. The van der Waals surface area contributed by atoms with Gasteiger partial charge in [0, 0.05) is 6.54 Å². The highest BCUT2D eigenvalue weighted by molar-refractivity contribution is 14.1. The van der Waals surface area contributed by atoms with Gasteiger partial charge >= 0.3 is 0 Å². The Labute approximate surface area is 84.0 Å². The average Bonchev–Trinajstić information content (AvgIpc) is 2.00. The molecule has 0 aromatic heterocycles. The second-order valence-corrected chi connectivity index (χ2v) is 3.74. The SMILES string of the molecule is CCCCN(C)C(C)(C)OI. The molecule has 0 N–H and O–H groups in total. The maximum Gasteiger partial charge on any atom is 0.127 e. The predicted octanol–water partition coefficient (Wildman–Crippen LogP) is 2.82. The van der Waals surface area contributed by atoms with E-state index in [0.717, 1.165) is 6.54 Å². The molecule has 0 amide bonds. The zero-order valence-electron chi connectivity index (χ0n) is 7.85. The van der Waals surface area contributed by atoms with Crippen LogP contribution in [0.5, 0.6) is 0 Å². The lowest BCUT2D eigenvalue weighted by molar-refractivity contribution is -0.00489. The molecule has 0 radical (unpaired) electrons. The van der Waals surface area contributed by atoms with Crippen LogP contribution < -0.4 is 0 Å². The molecule has 0 heterocycles. The van der Waals surface area contributed by atoms with Crippen molar-refractivity contribution in [1.29, 1.82) is 0 Å². The summed E-state index contributed by atoms with van der Waals surface area (Å²) >= 11 is 1.96. The van der Waals surface area contributed by atoms with E-state index in [1.54, 1.807) is 0 Å². The van der Waals surface area contributed by atoms with E-state index >= 15 is 0 Å². The molecule has 0 spiro atoms. The summed E-state index contributed by atoms with van der Waals surface area (Å²) in [7, 11) is 2.09. The van der Waals surface area contributed by atoms with Gasteiger partial charge in [0.25, 0.3) is 0 Å². The molecule has 0 fully saturated rings. The van der Waals surface area contributed by atoms with Crippen molar-refractivity contribution in [1.82, 2.24) is 4.90 Å². The highest BCUT2D eigenvalue weighted by Crippen LogP contribution is 2.17. The summed E-state index contributed by atoms with van der Waals surface area (Å²) in [5.74, 6) is 0. The summed E-state index contributed by atoms with van der Waals surface area (Å²) in [6, 6.07) is 0. The second-order valence-electron chi connectivity index (χ2n) is 3.30. The molecule has 0 aliphatic heterocycles. The van der Waals surface area contributed by atoms with Gasteiger partial charge in [-0.15, -0.1) is 0 Å². The Kier molecular flexibility index (Phi) is 5.64. The van der Waals surface area contributed by atoms with E-state index in [-0.39, 0.29) is 5.72 Å². The quantitative estimate of drug-likeness (QED) is 0.563. The Balaban J connectivity index is 3.71. The lowest BCUT2D eigenvalue weighted by atomic mass is 10.2. The van der Waals surface area contributed by atoms with Gasteiger partial charge in [-0.05, 0) is 27.3 Å². The van der Waals surface area contributed by atoms with E-state index in [2.05, 4.69) is 32.7 Å². The zero-order chi connectivity index (χ0) is 8.91. The van der Waals surface area contributed by atoms with Crippen LogP contribution in [0.25, 0.3) is 0 Å². The molecule has 0 atom stereocenters. The topological polar surface area (TPSA) is 12.5 Å². The monoisotopic (exact) mass is 271 g/mol. The van der Waals surface area contributed by atoms with Gasteiger partial charge in [0.2, 0.25) is 0 Å². The van der Waals surface area contributed by atoms with E-state index in [1.165, 1.54) is 12.8 Å². The van der Waals surface area contributed by atoms with Gasteiger partial charge < -0.3 is 0 Å². The molecule has 0 aliphatic carbocycles. The minimum atomic E-state index is -0.129. The fraction of sp³-hybridized carbons (Fsp3) is 1.00. The van der Waals surface area contributed by atoms with Gasteiger partial charge in [0.1, 0.15) is 28.7 Å². The highest BCUT2D eigenvalue weighted by atomic mass is 127. The molecular weight excluding hydrogens is 253 g/mol. The fourth-order valence-corrected chi connectivity index (χ4v) is 1.06. The van der Waals surface area contributed by atoms with E-state index < -0.39 is 0 Å². The Hall–Kier alpha value is 0.650. The van der Waals surface area contributed by atoms with Crippen LogP contribution in [0.15, 0.2) is 0 Å². The number of nitrogens with zero attached hydrogens (tertiary/aromatic N) is 1. The van der Waals surface area contributed by atoms with E-state index in [4.69, 9.17) is 3.07 Å². The van der Waals surface area contributed by atoms with Gasteiger partial charge in [-0.2, -0.15) is 0 Å². The first-order valence-corrected chi connectivity index (χ1v) is 4.93. The van der Waals surface area contributed by atoms with Crippen molar-refractivity contribution in [3.05, 3.63) is 0 Å². The first kappa shape index (κ1) is 11.6. The van der Waals surface area contributed by atoms with Crippen molar-refractivity contribution in [2.24, 2.45) is 0 Å². The van der Waals surface area contributed by atoms with Crippen LogP contribution in [0, 0.1) is 0 Å². The van der Waals surface area contributed by atoms with E-state index in [9.17, 15) is 0 Å². The molecule has 0 aliphatic rings. The Morgan fingerprint density at radius 3 is 2.36 bits per heavy atom. The number of hydrogen-bond acceptors (Lipinski definition) is 2. The van der Waals surface area contributed by atoms with Crippen LogP contribution in [0.4, 0.5) is 0 Å². The predicted molar refractivity (Wildman–Crippen MR) is 56.7 cm³/mol. The summed E-state index contributed by atoms with van der Waals surface area (Å²) in [6.07, 6.45) is 2.47. The van der Waals surface area contributed by atoms with E-state index in [1.807, 2.05) is 23.0 Å². The number of unbranched alkanes of at least 4 members (excludes halogenated alkanes) is 1. The molecule has 0 unspecified atom stereocenters. The Morgan fingerprint density at radius 1 is 1.45 bits per heavy atom. The van der Waals surface area contributed by atoms with Crippen molar-refractivity contribution in [3.8, 4) is 0 Å². The van der Waals surface area contributed by atoms with Crippen molar-refractivity contribution in [2.75, 3.05) is 13.6 Å². The second kappa shape index (κ2) is 5.32. The van der Waals surface area contributed by atoms with Crippen LogP contribution >= 0.6 is 23.0 Å². The molecule has 0 aromatic carbocycles. The molecule has 2 nitrogen and oxygen atoms in total. The van der Waals surface area contributed by atoms with Gasteiger partial charge in [-0.1, -0.05) is 13.3 Å². The van der Waals surface area contributed by atoms with Crippen LogP contribution in [-0.2, 0) is 3.07 Å². The van der Waals surface area contributed by atoms with Gasteiger partial charge in [-0.3, -0.25) is 7.97 Å². The smallest absolute Gasteiger partial charge is 0.127 e. The third-order valence-electron chi connectivity index (χ3n) is 1.96. The first-order chi connectivity index (χ1) is 5.04. The maximum atomic E-state index is 5.29. The standard InChI is InChI=1S/C8H18INO/c1-5-6-7-10(4)8(2,3)11-9/h5-7H2,1-4H3. The molecule has 3 heteroatoms. The maximum absolute atomic E-state index is 5.29. The summed E-state index contributed by atoms with van der Waals surface area (Å²) in [5.41, 5.74) is -0.129. The van der Waals surface area contributed by atoms with Crippen molar-refractivity contribution < 1.29 is 3.07 Å². The summed E-state index contributed by atoms with van der Waals surface area (Å²) in [6.45, 7) is 7.46. The van der Waals surface area contributed by atoms with Gasteiger partial charge in [0.05, 0.1) is 0 Å². The third kappa shape index (κ3) is 4.28. The number of hydrogen-bond donors (Lipinski definition) is 0. The number of rotatable bonds is 5. The minimum absolute atomic E-state index is 0.129. The number of halogens is 1. The van der Waals surface area contributed by atoms with Crippen molar-refractivity contribution in [2.45, 2.75) is 39.3 Å². The van der Waals surface area contributed by atoms with Crippen LogP contribution in [0.2, 0.25) is 0 Å². The molecule has 0 aromatic rings. The van der Waals surface area contributed by atoms with E-state index in [0.29, 0.717) is 0 Å². The van der Waals surface area contributed by atoms with Crippen LogP contribution in [0.1, 0.15) is 33.6 Å². The average molecular weight is 271 g/mol. The first-order valence-electron chi connectivity index (χ1n) is 4.05. The Morgan fingerprint density at radius 2 is 2.00 bits per heavy atom. The molecule has 0 saturated carbocycles. The molecule has 0 rings (SSSR count). The molecular formula is C8H18INO. The third-order valence-corrected chi connectivity index (χ3v) is 3.03. The summed E-state index contributed by atoms with van der Waals surface area (Å²) in [4.78, 5) is 2.23. The van der Waals surface area contributed by atoms with Crippen molar-refractivity contribution >= 4 is 23.0 Å². The summed E-state index contributed by atoms with van der Waals surface area (Å²) in [5, 5.41) is 0. The van der Waals surface area contributed by atoms with Crippen molar-refractivity contribution in [3.63, 3.8) is 0 Å². The Bertz CT molecular complexity index is 106. The largest absolute Gasteiger partial charge is 0.294 e. The normalized spacial score (nSPS) is 12.5. The van der Waals surface area contributed by atoms with Crippen LogP contribution in [-0.4, -0.2) is 24.2 Å². The van der Waals surface area contributed by atoms with Gasteiger partial charge in [-0.25, -0.2) is 0 Å². The summed E-state index contributed by atoms with van der Waals surface area (Å²) < 4.78 is 5.29. The lowest BCUT2D eigenvalue weighted by Gasteiger charge is -2.32. The zero-order valence-corrected chi connectivity index (χ0v) is 10.0.